The molecular weight excluding hydrogens is 358 g/mol. The maximum absolute atomic E-state index is 12.7. The second-order valence-corrected chi connectivity index (χ2v) is 7.23. The summed E-state index contributed by atoms with van der Waals surface area (Å²) >= 11 is 6.40. The molecule has 1 aliphatic heterocycles. The SMILES string of the molecule is CCCC[C@H](C(=O)O)N1C(=O)/C(=C/c2ccc(OCC)cc2)SC1=S. The molecule has 1 heterocycles. The van der Waals surface area contributed by atoms with Gasteiger partial charge in [-0.2, -0.15) is 0 Å². The first-order chi connectivity index (χ1) is 12.0. The number of carbonyl (C=O) groups is 2. The number of ether oxygens (including phenoxy) is 1. The third kappa shape index (κ3) is 4.83. The molecule has 25 heavy (non-hydrogen) atoms. The highest BCUT2D eigenvalue weighted by Gasteiger charge is 2.40. The van der Waals surface area contributed by atoms with Crippen LogP contribution in [0, 0.1) is 0 Å². The Labute approximate surface area is 157 Å². The maximum Gasteiger partial charge on any atom is 0.326 e. The van der Waals surface area contributed by atoms with E-state index < -0.39 is 12.0 Å². The van der Waals surface area contributed by atoms with Crippen LogP contribution in [0.3, 0.4) is 0 Å². The van der Waals surface area contributed by atoms with E-state index in [4.69, 9.17) is 17.0 Å². The molecule has 1 amide bonds. The van der Waals surface area contributed by atoms with Crippen LogP contribution in [0.1, 0.15) is 38.7 Å². The third-order valence-electron chi connectivity index (χ3n) is 3.74. The fourth-order valence-electron chi connectivity index (χ4n) is 2.49. The van der Waals surface area contributed by atoms with Gasteiger partial charge in [-0.1, -0.05) is 55.9 Å². The average Bonchev–Trinajstić information content (AvgIpc) is 2.84. The van der Waals surface area contributed by atoms with Crippen molar-refractivity contribution in [2.75, 3.05) is 6.61 Å². The number of carboxylic acid groups (broad SMARTS) is 1. The van der Waals surface area contributed by atoms with Crippen molar-refractivity contribution in [2.24, 2.45) is 0 Å². The predicted molar refractivity (Wildman–Crippen MR) is 104 cm³/mol. The molecule has 2 rings (SSSR count). The van der Waals surface area contributed by atoms with E-state index in [1.807, 2.05) is 38.1 Å². The Morgan fingerprint density at radius 3 is 2.60 bits per heavy atom. The van der Waals surface area contributed by atoms with Crippen LogP contribution in [0.15, 0.2) is 29.2 Å². The highest BCUT2D eigenvalue weighted by molar-refractivity contribution is 8.26. The van der Waals surface area contributed by atoms with Gasteiger partial charge in [0, 0.05) is 0 Å². The highest BCUT2D eigenvalue weighted by Crippen LogP contribution is 2.35. The minimum atomic E-state index is -1.02. The number of amides is 1. The number of hydrogen-bond acceptors (Lipinski definition) is 5. The molecular formula is C18H21NO4S2. The molecule has 5 nitrogen and oxygen atoms in total. The number of thioether (sulfide) groups is 1. The van der Waals surface area contributed by atoms with Gasteiger partial charge in [0.05, 0.1) is 11.5 Å². The van der Waals surface area contributed by atoms with Crippen molar-refractivity contribution < 1.29 is 19.4 Å². The van der Waals surface area contributed by atoms with Gasteiger partial charge in [-0.05, 0) is 37.1 Å². The van der Waals surface area contributed by atoms with Gasteiger partial charge in [0.2, 0.25) is 0 Å². The van der Waals surface area contributed by atoms with Gasteiger partial charge in [0.1, 0.15) is 16.1 Å². The summed E-state index contributed by atoms with van der Waals surface area (Å²) in [6.45, 7) is 4.48. The zero-order valence-corrected chi connectivity index (χ0v) is 15.9. The van der Waals surface area contributed by atoms with Crippen LogP contribution >= 0.6 is 24.0 Å². The van der Waals surface area contributed by atoms with Crippen molar-refractivity contribution in [2.45, 2.75) is 39.2 Å². The molecule has 1 atom stereocenters. The summed E-state index contributed by atoms with van der Waals surface area (Å²) in [7, 11) is 0. The number of nitrogens with zero attached hydrogens (tertiary/aromatic N) is 1. The number of thiocarbonyl (C=S) groups is 1. The van der Waals surface area contributed by atoms with Gasteiger partial charge >= 0.3 is 5.97 Å². The summed E-state index contributed by atoms with van der Waals surface area (Å²) in [6, 6.07) is 6.46. The van der Waals surface area contributed by atoms with Crippen LogP contribution in [-0.4, -0.2) is 38.9 Å². The number of carbonyl (C=O) groups excluding carboxylic acids is 1. The molecule has 1 aliphatic rings. The summed E-state index contributed by atoms with van der Waals surface area (Å²) in [6.07, 6.45) is 3.72. The summed E-state index contributed by atoms with van der Waals surface area (Å²) in [5.41, 5.74) is 0.837. The number of unbranched alkanes of at least 4 members (excludes halogenated alkanes) is 1. The average molecular weight is 380 g/mol. The van der Waals surface area contributed by atoms with Gasteiger partial charge in [-0.25, -0.2) is 4.79 Å². The van der Waals surface area contributed by atoms with Crippen molar-refractivity contribution in [1.82, 2.24) is 4.90 Å². The quantitative estimate of drug-likeness (QED) is 0.545. The molecule has 0 radical (unpaired) electrons. The molecule has 1 aromatic carbocycles. The summed E-state index contributed by atoms with van der Waals surface area (Å²) in [4.78, 5) is 25.9. The van der Waals surface area contributed by atoms with E-state index >= 15 is 0 Å². The molecule has 0 spiro atoms. The topological polar surface area (TPSA) is 66.8 Å². The number of rotatable bonds is 8. The first-order valence-electron chi connectivity index (χ1n) is 8.20. The van der Waals surface area contributed by atoms with Crippen LogP contribution < -0.4 is 4.74 Å². The summed E-state index contributed by atoms with van der Waals surface area (Å²) in [5.74, 6) is -0.600. The minimum Gasteiger partial charge on any atom is -0.494 e. The second-order valence-electron chi connectivity index (χ2n) is 5.55. The molecule has 1 aromatic rings. The Morgan fingerprint density at radius 2 is 2.04 bits per heavy atom. The van der Waals surface area contributed by atoms with E-state index in [1.54, 1.807) is 6.08 Å². The molecule has 0 aromatic heterocycles. The third-order valence-corrected chi connectivity index (χ3v) is 5.07. The molecule has 1 N–H and O–H groups in total. The Bertz CT molecular complexity index is 685. The van der Waals surface area contributed by atoms with E-state index in [9.17, 15) is 14.7 Å². The zero-order valence-electron chi connectivity index (χ0n) is 14.2. The number of aliphatic carboxylic acids is 1. The molecule has 0 unspecified atom stereocenters. The molecule has 0 aliphatic carbocycles. The lowest BCUT2D eigenvalue weighted by atomic mass is 10.1. The lowest BCUT2D eigenvalue weighted by Crippen LogP contribution is -2.43. The smallest absolute Gasteiger partial charge is 0.326 e. The lowest BCUT2D eigenvalue weighted by molar-refractivity contribution is -0.145. The lowest BCUT2D eigenvalue weighted by Gasteiger charge is -2.22. The van der Waals surface area contributed by atoms with Gasteiger partial charge in [-0.15, -0.1) is 0 Å². The van der Waals surface area contributed by atoms with Gasteiger partial charge in [0.15, 0.2) is 0 Å². The van der Waals surface area contributed by atoms with Gasteiger partial charge < -0.3 is 9.84 Å². The van der Waals surface area contributed by atoms with E-state index in [1.165, 1.54) is 4.90 Å². The van der Waals surface area contributed by atoms with Crippen LogP contribution in [0.25, 0.3) is 6.08 Å². The van der Waals surface area contributed by atoms with Crippen molar-refractivity contribution in [3.05, 3.63) is 34.7 Å². The fourth-order valence-corrected chi connectivity index (χ4v) is 3.84. The van der Waals surface area contributed by atoms with E-state index in [-0.39, 0.29) is 5.91 Å². The zero-order chi connectivity index (χ0) is 18.4. The second kappa shape index (κ2) is 9.01. The van der Waals surface area contributed by atoms with Crippen molar-refractivity contribution in [1.29, 1.82) is 0 Å². The highest BCUT2D eigenvalue weighted by atomic mass is 32.2. The van der Waals surface area contributed by atoms with Crippen molar-refractivity contribution in [3.8, 4) is 5.75 Å². The first-order valence-corrected chi connectivity index (χ1v) is 9.43. The molecule has 7 heteroatoms. The molecule has 1 saturated heterocycles. The minimum absolute atomic E-state index is 0.297. The largest absolute Gasteiger partial charge is 0.494 e. The van der Waals surface area contributed by atoms with E-state index in [0.29, 0.717) is 22.3 Å². The fraction of sp³-hybridized carbons (Fsp3) is 0.389. The number of benzene rings is 1. The molecule has 0 bridgehead atoms. The van der Waals surface area contributed by atoms with E-state index in [0.717, 1.165) is 35.9 Å². The number of carboxylic acids is 1. The molecule has 0 saturated carbocycles. The monoisotopic (exact) mass is 379 g/mol. The van der Waals surface area contributed by atoms with Crippen molar-refractivity contribution in [3.63, 3.8) is 0 Å². The Balaban J connectivity index is 2.20. The van der Waals surface area contributed by atoms with Crippen molar-refractivity contribution >= 4 is 46.3 Å². The first kappa shape index (κ1) is 19.5. The molecule has 1 fully saturated rings. The Hall–Kier alpha value is -1.86. The normalized spacial score (nSPS) is 17.2. The van der Waals surface area contributed by atoms with Crippen LogP contribution in [-0.2, 0) is 9.59 Å². The number of hydrogen-bond donors (Lipinski definition) is 1. The van der Waals surface area contributed by atoms with Crippen LogP contribution in [0.5, 0.6) is 5.75 Å². The van der Waals surface area contributed by atoms with Crippen LogP contribution in [0.4, 0.5) is 0 Å². The maximum atomic E-state index is 12.7. The summed E-state index contributed by atoms with van der Waals surface area (Å²) < 4.78 is 5.69. The van der Waals surface area contributed by atoms with Gasteiger partial charge in [-0.3, -0.25) is 9.69 Å². The van der Waals surface area contributed by atoms with Gasteiger partial charge in [0.25, 0.3) is 5.91 Å². The Morgan fingerprint density at radius 1 is 1.36 bits per heavy atom. The van der Waals surface area contributed by atoms with E-state index in [2.05, 4.69) is 0 Å². The standard InChI is InChI=1S/C18H21NO4S2/c1-3-5-6-14(17(21)22)19-16(20)15(25-18(19)24)11-12-7-9-13(10-8-12)23-4-2/h7-11,14H,3-6H2,1-2H3,(H,21,22)/b15-11-/t14-/m1/s1. The Kier molecular flexibility index (Phi) is 7.01. The predicted octanol–water partition coefficient (Wildman–Crippen LogP) is 3.93. The molecule has 134 valence electrons. The van der Waals surface area contributed by atoms with Crippen LogP contribution in [0.2, 0.25) is 0 Å². The summed E-state index contributed by atoms with van der Waals surface area (Å²) in [5, 5.41) is 9.46.